The van der Waals surface area contributed by atoms with Gasteiger partial charge in [0, 0.05) is 46.2 Å². The molecule has 0 spiro atoms. The number of carbonyl (C=O) groups is 1. The van der Waals surface area contributed by atoms with Crippen LogP contribution in [0.2, 0.25) is 0 Å². The third-order valence-electron chi connectivity index (χ3n) is 4.48. The third kappa shape index (κ3) is 6.21. The Kier molecular flexibility index (Phi) is 8.49. The van der Waals surface area contributed by atoms with Crippen molar-refractivity contribution in [3.63, 3.8) is 0 Å². The van der Waals surface area contributed by atoms with E-state index in [-0.39, 0.29) is 6.61 Å². The van der Waals surface area contributed by atoms with Crippen LogP contribution in [0.1, 0.15) is 31.1 Å². The highest BCUT2D eigenvalue weighted by atomic mass is 16.7. The van der Waals surface area contributed by atoms with Crippen molar-refractivity contribution in [1.29, 1.82) is 0 Å². The molecule has 1 unspecified atom stereocenters. The maximum Gasteiger partial charge on any atom is 0.363 e. The molecule has 0 amide bonds. The second-order valence-corrected chi connectivity index (χ2v) is 7.03. The Bertz CT molecular complexity index is 706. The Morgan fingerprint density at radius 3 is 1.59 bits per heavy atom. The Balaban J connectivity index is 2.39. The average molecular weight is 401 g/mol. The minimum atomic E-state index is -1.09. The van der Waals surface area contributed by atoms with Gasteiger partial charge in [-0.05, 0) is 49.2 Å². The van der Waals surface area contributed by atoms with E-state index in [0.717, 1.165) is 22.5 Å². The van der Waals surface area contributed by atoms with Crippen LogP contribution in [0.15, 0.2) is 48.5 Å². The van der Waals surface area contributed by atoms with Crippen LogP contribution in [0.3, 0.4) is 0 Å². The molecule has 0 aliphatic carbocycles. The molecular formula is C23H32N2O4. The molecule has 2 aromatic carbocycles. The first-order chi connectivity index (χ1) is 13.9. The second-order valence-electron chi connectivity index (χ2n) is 7.03. The molecule has 29 heavy (non-hydrogen) atoms. The molecule has 6 heteroatoms. The van der Waals surface area contributed by atoms with Gasteiger partial charge in [-0.2, -0.15) is 0 Å². The van der Waals surface area contributed by atoms with E-state index in [1.807, 2.05) is 93.4 Å². The topological polar surface area (TPSA) is 51.2 Å². The molecular weight excluding hydrogens is 368 g/mol. The summed E-state index contributed by atoms with van der Waals surface area (Å²) >= 11 is 0. The first-order valence-electron chi connectivity index (χ1n) is 9.85. The lowest BCUT2D eigenvalue weighted by atomic mass is 10.0. The van der Waals surface area contributed by atoms with E-state index < -0.39 is 18.4 Å². The van der Waals surface area contributed by atoms with Crippen molar-refractivity contribution >= 4 is 17.3 Å². The molecule has 0 N–H and O–H groups in total. The first kappa shape index (κ1) is 22.7. The van der Waals surface area contributed by atoms with Gasteiger partial charge >= 0.3 is 5.97 Å². The van der Waals surface area contributed by atoms with Gasteiger partial charge in [0.05, 0.1) is 6.61 Å². The van der Waals surface area contributed by atoms with Gasteiger partial charge < -0.3 is 24.0 Å². The van der Waals surface area contributed by atoms with Gasteiger partial charge in [0.25, 0.3) is 6.29 Å². The zero-order chi connectivity index (χ0) is 21.4. The minimum Gasteiger partial charge on any atom is -0.462 e. The zero-order valence-corrected chi connectivity index (χ0v) is 18.2. The summed E-state index contributed by atoms with van der Waals surface area (Å²) in [6.45, 7) is 4.20. The zero-order valence-electron chi connectivity index (χ0n) is 18.2. The van der Waals surface area contributed by atoms with Gasteiger partial charge in [0.15, 0.2) is 0 Å². The van der Waals surface area contributed by atoms with E-state index in [0.29, 0.717) is 6.61 Å². The SMILES string of the molecule is CCOC(=O)C(OCC)OC(c1ccc(N(C)C)cc1)c1ccc(N(C)C)cc1. The number of nitrogens with zero attached hydrogens (tertiary/aromatic N) is 2. The molecule has 0 fully saturated rings. The van der Waals surface area contributed by atoms with Crippen LogP contribution < -0.4 is 9.80 Å². The number of ether oxygens (including phenoxy) is 3. The summed E-state index contributed by atoms with van der Waals surface area (Å²) in [5, 5.41) is 0. The lowest BCUT2D eigenvalue weighted by Gasteiger charge is -2.25. The molecule has 0 aliphatic heterocycles. The van der Waals surface area contributed by atoms with Crippen LogP contribution in [0.25, 0.3) is 0 Å². The maximum absolute atomic E-state index is 12.3. The number of rotatable bonds is 10. The number of esters is 1. The molecule has 0 aromatic heterocycles. The van der Waals surface area contributed by atoms with E-state index in [4.69, 9.17) is 14.2 Å². The van der Waals surface area contributed by atoms with Gasteiger partial charge in [0.1, 0.15) is 6.10 Å². The first-order valence-corrected chi connectivity index (χ1v) is 9.85. The predicted molar refractivity (Wildman–Crippen MR) is 117 cm³/mol. The van der Waals surface area contributed by atoms with Crippen LogP contribution in [0.4, 0.5) is 11.4 Å². The summed E-state index contributed by atoms with van der Waals surface area (Å²) in [7, 11) is 7.98. The number of benzene rings is 2. The van der Waals surface area contributed by atoms with Gasteiger partial charge in [-0.25, -0.2) is 4.79 Å². The minimum absolute atomic E-state index is 0.269. The number of hydrogen-bond donors (Lipinski definition) is 0. The van der Waals surface area contributed by atoms with Gasteiger partial charge in [-0.1, -0.05) is 24.3 Å². The molecule has 2 rings (SSSR count). The third-order valence-corrected chi connectivity index (χ3v) is 4.48. The predicted octanol–water partition coefficient (Wildman–Crippen LogP) is 3.85. The second kappa shape index (κ2) is 10.8. The molecule has 158 valence electrons. The van der Waals surface area contributed by atoms with Gasteiger partial charge in [0.2, 0.25) is 0 Å². The molecule has 0 heterocycles. The van der Waals surface area contributed by atoms with Crippen molar-refractivity contribution in [3.8, 4) is 0 Å². The normalized spacial score (nSPS) is 12.0. The fourth-order valence-electron chi connectivity index (χ4n) is 2.89. The summed E-state index contributed by atoms with van der Waals surface area (Å²) in [6.07, 6.45) is -1.56. The highest BCUT2D eigenvalue weighted by Crippen LogP contribution is 2.30. The summed E-state index contributed by atoms with van der Waals surface area (Å²) in [6, 6.07) is 16.1. The van der Waals surface area contributed by atoms with Crippen molar-refractivity contribution in [2.45, 2.75) is 26.2 Å². The van der Waals surface area contributed by atoms with Gasteiger partial charge in [-0.3, -0.25) is 0 Å². The van der Waals surface area contributed by atoms with E-state index >= 15 is 0 Å². The highest BCUT2D eigenvalue weighted by Gasteiger charge is 2.27. The summed E-state index contributed by atoms with van der Waals surface area (Å²) in [5.74, 6) is -0.519. The summed E-state index contributed by atoms with van der Waals surface area (Å²) in [4.78, 5) is 16.4. The lowest BCUT2D eigenvalue weighted by molar-refractivity contribution is -0.202. The van der Waals surface area contributed by atoms with Crippen LogP contribution in [0.5, 0.6) is 0 Å². The smallest absolute Gasteiger partial charge is 0.363 e. The number of carbonyl (C=O) groups excluding carboxylic acids is 1. The molecule has 2 aromatic rings. The van der Waals surface area contributed by atoms with E-state index in [1.54, 1.807) is 6.92 Å². The molecule has 6 nitrogen and oxygen atoms in total. The molecule has 0 saturated heterocycles. The van der Waals surface area contributed by atoms with Crippen LogP contribution in [-0.2, 0) is 19.0 Å². The quantitative estimate of drug-likeness (QED) is 0.446. The fraction of sp³-hybridized carbons (Fsp3) is 0.435. The van der Waals surface area contributed by atoms with E-state index in [2.05, 4.69) is 0 Å². The highest BCUT2D eigenvalue weighted by molar-refractivity contribution is 5.73. The average Bonchev–Trinajstić information content (AvgIpc) is 2.71. The van der Waals surface area contributed by atoms with Crippen LogP contribution >= 0.6 is 0 Å². The number of hydrogen-bond acceptors (Lipinski definition) is 6. The molecule has 0 radical (unpaired) electrons. The van der Waals surface area contributed by atoms with Crippen molar-refractivity contribution in [1.82, 2.24) is 0 Å². The molecule has 0 aliphatic rings. The van der Waals surface area contributed by atoms with Crippen molar-refractivity contribution in [2.75, 3.05) is 51.2 Å². The summed E-state index contributed by atoms with van der Waals surface area (Å²) < 4.78 is 16.8. The monoisotopic (exact) mass is 400 g/mol. The Morgan fingerprint density at radius 1 is 0.793 bits per heavy atom. The van der Waals surface area contributed by atoms with Crippen molar-refractivity contribution < 1.29 is 19.0 Å². The standard InChI is InChI=1S/C23H32N2O4/c1-7-27-22(26)23(28-8-2)29-21(17-9-13-19(14-10-17)24(3)4)18-11-15-20(16-12-18)25(5)6/h9-16,21,23H,7-8H2,1-6H3. The Morgan fingerprint density at radius 2 is 1.24 bits per heavy atom. The Labute approximate surface area is 174 Å². The van der Waals surface area contributed by atoms with Crippen LogP contribution in [-0.4, -0.2) is 53.7 Å². The van der Waals surface area contributed by atoms with E-state index in [1.165, 1.54) is 0 Å². The summed E-state index contributed by atoms with van der Waals surface area (Å²) in [5.41, 5.74) is 4.04. The largest absolute Gasteiger partial charge is 0.462 e. The molecule has 0 saturated carbocycles. The maximum atomic E-state index is 12.3. The fourth-order valence-corrected chi connectivity index (χ4v) is 2.89. The van der Waals surface area contributed by atoms with E-state index in [9.17, 15) is 4.79 Å². The molecule has 1 atom stereocenters. The number of anilines is 2. The molecule has 0 bridgehead atoms. The van der Waals surface area contributed by atoms with Gasteiger partial charge in [-0.15, -0.1) is 0 Å². The van der Waals surface area contributed by atoms with Crippen molar-refractivity contribution in [2.24, 2.45) is 0 Å². The van der Waals surface area contributed by atoms with Crippen molar-refractivity contribution in [3.05, 3.63) is 59.7 Å². The van der Waals surface area contributed by atoms with Crippen LogP contribution in [0, 0.1) is 0 Å². The Hall–Kier alpha value is -2.57. The lowest BCUT2D eigenvalue weighted by Crippen LogP contribution is -2.31.